The van der Waals surface area contributed by atoms with Crippen LogP contribution < -0.4 is 5.19 Å². The van der Waals surface area contributed by atoms with Gasteiger partial charge in [0.2, 0.25) is 9.04 Å². The van der Waals surface area contributed by atoms with Crippen LogP contribution in [0.3, 0.4) is 0 Å². The Bertz CT molecular complexity index is 693. The molecule has 1 unspecified atom stereocenters. The molecule has 10 heteroatoms. The standard InChI is InChI=1S/C22H49O4Si6/c1-23-27(2)18-19-29(6,7)25-32(12,22-16-14-13-15-17-22)26-31(10,11)21-20-30(8,9)24-28(3,4)5/h13-17H,18-21H2,1-12H3. The van der Waals surface area contributed by atoms with Crippen molar-refractivity contribution >= 4 is 56.1 Å². The Morgan fingerprint density at radius 1 is 0.656 bits per heavy atom. The van der Waals surface area contributed by atoms with Crippen molar-refractivity contribution in [2.45, 2.75) is 96.2 Å². The first-order chi connectivity index (χ1) is 14.4. The molecule has 0 aliphatic carbocycles. The predicted molar refractivity (Wildman–Crippen MR) is 155 cm³/mol. The van der Waals surface area contributed by atoms with Crippen molar-refractivity contribution in [3.8, 4) is 0 Å². The van der Waals surface area contributed by atoms with E-state index in [-0.39, 0.29) is 0 Å². The smallest absolute Gasteiger partial charge is 0.348 e. The third-order valence-electron chi connectivity index (χ3n) is 5.58. The van der Waals surface area contributed by atoms with E-state index in [4.69, 9.17) is 16.8 Å². The highest BCUT2D eigenvalue weighted by atomic mass is 28.5. The maximum atomic E-state index is 7.15. The van der Waals surface area contributed by atoms with E-state index in [1.54, 1.807) is 0 Å². The fourth-order valence-electron chi connectivity index (χ4n) is 4.10. The van der Waals surface area contributed by atoms with Gasteiger partial charge in [-0.05, 0) is 101 Å². The monoisotopic (exact) mass is 545 g/mol. The molecule has 0 saturated carbocycles. The molecule has 0 aliphatic rings. The van der Waals surface area contributed by atoms with Crippen molar-refractivity contribution in [1.82, 2.24) is 0 Å². The van der Waals surface area contributed by atoms with Crippen LogP contribution >= 0.6 is 0 Å². The highest BCUT2D eigenvalue weighted by Crippen LogP contribution is 2.30. The third-order valence-corrected chi connectivity index (χ3v) is 26.2. The molecule has 185 valence electrons. The lowest BCUT2D eigenvalue weighted by molar-refractivity contribution is 0.396. The van der Waals surface area contributed by atoms with Gasteiger partial charge in [-0.25, -0.2) is 0 Å². The molecule has 32 heavy (non-hydrogen) atoms. The van der Waals surface area contributed by atoms with Gasteiger partial charge in [-0.2, -0.15) is 0 Å². The van der Waals surface area contributed by atoms with Crippen LogP contribution in [0.2, 0.25) is 96.2 Å². The maximum absolute atomic E-state index is 7.15. The van der Waals surface area contributed by atoms with Gasteiger partial charge in [0, 0.05) is 7.11 Å². The summed E-state index contributed by atoms with van der Waals surface area (Å²) in [7, 11) is -8.49. The highest BCUT2D eigenvalue weighted by Gasteiger charge is 2.45. The normalized spacial score (nSPS) is 15.8. The third kappa shape index (κ3) is 11.7. The lowest BCUT2D eigenvalue weighted by Gasteiger charge is -2.42. The number of hydrogen-bond acceptors (Lipinski definition) is 4. The second-order valence-corrected chi connectivity index (χ2v) is 35.4. The summed E-state index contributed by atoms with van der Waals surface area (Å²) in [5.74, 6) is 0. The molecule has 0 aromatic heterocycles. The molecule has 0 heterocycles. The van der Waals surface area contributed by atoms with Gasteiger partial charge in [-0.15, -0.1) is 0 Å². The molecule has 0 spiro atoms. The molecular weight excluding hydrogens is 497 g/mol. The Labute approximate surface area is 205 Å². The van der Waals surface area contributed by atoms with Gasteiger partial charge in [0.1, 0.15) is 0 Å². The summed E-state index contributed by atoms with van der Waals surface area (Å²) in [6.45, 7) is 25.6. The zero-order valence-corrected chi connectivity index (χ0v) is 28.8. The van der Waals surface area contributed by atoms with Crippen LogP contribution in [0.4, 0.5) is 0 Å². The van der Waals surface area contributed by atoms with E-state index < -0.39 is 50.9 Å². The molecule has 1 rings (SSSR count). The topological polar surface area (TPSA) is 36.9 Å². The zero-order chi connectivity index (χ0) is 24.8. The summed E-state index contributed by atoms with van der Waals surface area (Å²) in [5.41, 5.74) is 0. The fraction of sp³-hybridized carbons (Fsp3) is 0.727. The average Bonchev–Trinajstić information content (AvgIpc) is 2.63. The number of benzene rings is 1. The minimum Gasteiger partial charge on any atom is -0.456 e. The van der Waals surface area contributed by atoms with E-state index >= 15 is 0 Å². The number of rotatable bonds is 14. The summed E-state index contributed by atoms with van der Waals surface area (Å²) < 4.78 is 26.4. The molecule has 0 bridgehead atoms. The lowest BCUT2D eigenvalue weighted by atomic mass is 10.4. The van der Waals surface area contributed by atoms with Crippen molar-refractivity contribution < 1.29 is 16.8 Å². The van der Waals surface area contributed by atoms with Crippen LogP contribution in [-0.2, 0) is 16.8 Å². The molecule has 0 N–H and O–H groups in total. The minimum atomic E-state index is -2.54. The predicted octanol–water partition coefficient (Wildman–Crippen LogP) is 6.73. The Balaban J connectivity index is 3.03. The first kappa shape index (κ1) is 30.4. The van der Waals surface area contributed by atoms with Crippen molar-refractivity contribution in [3.63, 3.8) is 0 Å². The van der Waals surface area contributed by atoms with Crippen LogP contribution in [0, 0.1) is 0 Å². The molecule has 4 nitrogen and oxygen atoms in total. The molecular formula is C22H49O4Si6. The zero-order valence-electron chi connectivity index (χ0n) is 22.8. The van der Waals surface area contributed by atoms with E-state index in [0.29, 0.717) is 0 Å². The molecule has 1 aromatic rings. The van der Waals surface area contributed by atoms with E-state index in [0.717, 1.165) is 24.2 Å². The summed E-state index contributed by atoms with van der Waals surface area (Å²) in [6, 6.07) is 15.3. The minimum absolute atomic E-state index is 0.723. The summed E-state index contributed by atoms with van der Waals surface area (Å²) >= 11 is 0. The van der Waals surface area contributed by atoms with Crippen molar-refractivity contribution in [2.24, 2.45) is 0 Å². The van der Waals surface area contributed by atoms with Gasteiger partial charge in [0.25, 0.3) is 0 Å². The Morgan fingerprint density at radius 3 is 1.53 bits per heavy atom. The molecule has 0 fully saturated rings. The van der Waals surface area contributed by atoms with E-state index in [2.05, 4.69) is 102 Å². The molecule has 1 radical (unpaired) electrons. The first-order valence-corrected chi connectivity index (χ1v) is 29.1. The largest absolute Gasteiger partial charge is 0.456 e. The molecule has 0 amide bonds. The molecule has 0 aliphatic heterocycles. The lowest BCUT2D eigenvalue weighted by Crippen LogP contribution is -2.61. The summed E-state index contributed by atoms with van der Waals surface area (Å²) in [4.78, 5) is 0. The Morgan fingerprint density at radius 2 is 1.09 bits per heavy atom. The van der Waals surface area contributed by atoms with Gasteiger partial charge >= 0.3 is 8.56 Å². The van der Waals surface area contributed by atoms with Gasteiger partial charge < -0.3 is 16.8 Å². The quantitative estimate of drug-likeness (QED) is 0.243. The van der Waals surface area contributed by atoms with Crippen LogP contribution in [0.15, 0.2) is 30.3 Å². The molecule has 1 atom stereocenters. The van der Waals surface area contributed by atoms with Gasteiger partial charge in [-0.1, -0.05) is 30.3 Å². The van der Waals surface area contributed by atoms with Crippen LogP contribution in [0.1, 0.15) is 0 Å². The summed E-state index contributed by atoms with van der Waals surface area (Å²) in [5, 5.41) is 1.25. The number of hydrogen-bond donors (Lipinski definition) is 0. The Kier molecular flexibility index (Phi) is 11.3. The maximum Gasteiger partial charge on any atom is 0.348 e. The van der Waals surface area contributed by atoms with Crippen LogP contribution in [0.25, 0.3) is 0 Å². The van der Waals surface area contributed by atoms with E-state index in [1.165, 1.54) is 5.19 Å². The van der Waals surface area contributed by atoms with Gasteiger partial charge in [0.05, 0.1) is 0 Å². The fourth-order valence-corrected chi connectivity index (χ4v) is 31.5. The molecule has 0 saturated heterocycles. The Hall–Kier alpha value is 0.361. The highest BCUT2D eigenvalue weighted by molar-refractivity contribution is 6.95. The molecule has 1 aromatic carbocycles. The van der Waals surface area contributed by atoms with Gasteiger partial charge in [-0.3, -0.25) is 0 Å². The average molecular weight is 546 g/mol. The van der Waals surface area contributed by atoms with E-state index in [1.807, 2.05) is 7.11 Å². The van der Waals surface area contributed by atoms with Gasteiger partial charge in [0.15, 0.2) is 33.3 Å². The van der Waals surface area contributed by atoms with E-state index in [9.17, 15) is 0 Å². The van der Waals surface area contributed by atoms with Crippen LogP contribution in [0.5, 0.6) is 0 Å². The summed E-state index contributed by atoms with van der Waals surface area (Å²) in [6.07, 6.45) is 0. The second-order valence-electron chi connectivity index (χ2n) is 11.9. The second kappa shape index (κ2) is 11.9. The van der Waals surface area contributed by atoms with Crippen molar-refractivity contribution in [3.05, 3.63) is 30.3 Å². The van der Waals surface area contributed by atoms with Crippen molar-refractivity contribution in [2.75, 3.05) is 7.11 Å². The van der Waals surface area contributed by atoms with Crippen molar-refractivity contribution in [1.29, 1.82) is 0 Å². The van der Waals surface area contributed by atoms with Crippen LogP contribution in [-0.4, -0.2) is 58.0 Å². The first-order valence-electron chi connectivity index (χ1n) is 11.9. The SMILES string of the molecule is CO[Si](C)CC[Si](C)(C)O[Si](C)(O[Si](C)(C)CC[Si](C)(C)O[Si](C)(C)C)c1ccccc1.